The zero-order chi connectivity index (χ0) is 9.59. The van der Waals surface area contributed by atoms with E-state index < -0.39 is 5.97 Å². The average Bonchev–Trinajstić information content (AvgIpc) is 2.45. The number of hydrogen-bond donors (Lipinski definition) is 1. The Kier molecular flexibility index (Phi) is 1.69. The Hall–Kier alpha value is -1.23. The monoisotopic (exact) mass is 197 g/mol. The molecule has 2 aliphatic rings. The molecular weight excluding hydrogens is 190 g/mol. The molecular formula is C8H7NO3S. The second kappa shape index (κ2) is 2.63. The Balaban J connectivity index is 2.28. The maximum Gasteiger partial charge on any atom is 0.353 e. The Bertz CT molecular complexity index is 358. The fourth-order valence-corrected chi connectivity index (χ4v) is 2.59. The van der Waals surface area contributed by atoms with Crippen molar-refractivity contribution in [1.29, 1.82) is 0 Å². The van der Waals surface area contributed by atoms with E-state index in [0.717, 1.165) is 0 Å². The predicted molar refractivity (Wildman–Crippen MR) is 47.7 cm³/mol. The Morgan fingerprint density at radius 3 is 3.00 bits per heavy atom. The topological polar surface area (TPSA) is 57.6 Å². The molecule has 0 bridgehead atoms. The molecule has 0 aromatic carbocycles. The van der Waals surface area contributed by atoms with Gasteiger partial charge in [-0.05, 0) is 6.92 Å². The summed E-state index contributed by atoms with van der Waals surface area (Å²) >= 11 is 1.36. The second-order valence-electron chi connectivity index (χ2n) is 2.72. The number of thioether (sulfide) groups is 1. The number of nitrogens with zero attached hydrogens (tertiary/aromatic N) is 1. The largest absolute Gasteiger partial charge is 0.477 e. The zero-order valence-electron chi connectivity index (χ0n) is 6.85. The molecule has 1 saturated heterocycles. The lowest BCUT2D eigenvalue weighted by atomic mass is 10.1. The van der Waals surface area contributed by atoms with Crippen LogP contribution in [-0.4, -0.2) is 27.3 Å². The third kappa shape index (κ3) is 0.935. The number of carboxylic acid groups (broad SMARTS) is 1. The van der Waals surface area contributed by atoms with Crippen molar-refractivity contribution in [1.82, 2.24) is 4.90 Å². The number of carboxylic acids is 1. The van der Waals surface area contributed by atoms with Crippen molar-refractivity contribution in [2.75, 3.05) is 0 Å². The highest BCUT2D eigenvalue weighted by Gasteiger charge is 2.48. The fraction of sp³-hybridized carbons (Fsp3) is 0.250. The summed E-state index contributed by atoms with van der Waals surface area (Å²) in [5.41, 5.74) is 0.781. The standard InChI is InChI=1S/C8H7NO3S/c1-2-4-6(10)9-5(8(11)12)3-13-7(4)9/h2-3,7H,1H3,(H,11,12)/b4-2+/t7-/m1/s1. The van der Waals surface area contributed by atoms with Gasteiger partial charge in [-0.3, -0.25) is 9.69 Å². The van der Waals surface area contributed by atoms with Crippen LogP contribution in [0.4, 0.5) is 0 Å². The third-order valence-corrected chi connectivity index (χ3v) is 3.15. The van der Waals surface area contributed by atoms with Gasteiger partial charge in [0.1, 0.15) is 11.1 Å². The number of amides is 1. The van der Waals surface area contributed by atoms with Crippen LogP contribution in [0.15, 0.2) is 22.8 Å². The zero-order valence-corrected chi connectivity index (χ0v) is 7.67. The van der Waals surface area contributed by atoms with Gasteiger partial charge in [0.25, 0.3) is 5.91 Å². The van der Waals surface area contributed by atoms with Crippen LogP contribution in [0.5, 0.6) is 0 Å². The molecule has 13 heavy (non-hydrogen) atoms. The van der Waals surface area contributed by atoms with Gasteiger partial charge in [0.15, 0.2) is 0 Å². The van der Waals surface area contributed by atoms with Crippen LogP contribution < -0.4 is 0 Å². The number of aliphatic carboxylic acids is 1. The highest BCUT2D eigenvalue weighted by molar-refractivity contribution is 8.03. The van der Waals surface area contributed by atoms with E-state index in [0.29, 0.717) is 5.57 Å². The SMILES string of the molecule is C/C=C1\C(=O)N2C(C(=O)O)=CS[C@H]12. The van der Waals surface area contributed by atoms with E-state index in [1.807, 2.05) is 0 Å². The van der Waals surface area contributed by atoms with Gasteiger partial charge < -0.3 is 5.11 Å². The van der Waals surface area contributed by atoms with E-state index >= 15 is 0 Å². The number of rotatable bonds is 1. The number of carbonyl (C=O) groups excluding carboxylic acids is 1. The number of carbonyl (C=O) groups is 2. The first-order chi connectivity index (χ1) is 6.16. The van der Waals surface area contributed by atoms with Gasteiger partial charge in [-0.2, -0.15) is 0 Å². The Morgan fingerprint density at radius 2 is 2.46 bits per heavy atom. The first-order valence-corrected chi connectivity index (χ1v) is 4.69. The molecule has 4 nitrogen and oxygen atoms in total. The molecule has 0 aromatic rings. The van der Waals surface area contributed by atoms with Crippen molar-refractivity contribution in [3.05, 3.63) is 22.8 Å². The molecule has 0 radical (unpaired) electrons. The van der Waals surface area contributed by atoms with E-state index in [-0.39, 0.29) is 17.0 Å². The summed E-state index contributed by atoms with van der Waals surface area (Å²) in [6.07, 6.45) is 1.73. The minimum Gasteiger partial charge on any atom is -0.477 e. The van der Waals surface area contributed by atoms with Crippen LogP contribution in [-0.2, 0) is 9.59 Å². The fourth-order valence-electron chi connectivity index (χ4n) is 1.40. The second-order valence-corrected chi connectivity index (χ2v) is 3.67. The molecule has 2 heterocycles. The van der Waals surface area contributed by atoms with Crippen LogP contribution >= 0.6 is 11.8 Å². The summed E-state index contributed by atoms with van der Waals surface area (Å²) in [6.45, 7) is 1.78. The van der Waals surface area contributed by atoms with Crippen molar-refractivity contribution < 1.29 is 14.7 Å². The van der Waals surface area contributed by atoms with Crippen LogP contribution in [0.25, 0.3) is 0 Å². The lowest BCUT2D eigenvalue weighted by Crippen LogP contribution is -2.51. The smallest absolute Gasteiger partial charge is 0.353 e. The van der Waals surface area contributed by atoms with Gasteiger partial charge in [-0.25, -0.2) is 4.79 Å². The van der Waals surface area contributed by atoms with Crippen molar-refractivity contribution in [2.24, 2.45) is 0 Å². The summed E-state index contributed by atoms with van der Waals surface area (Å²) in [6, 6.07) is 0. The summed E-state index contributed by atoms with van der Waals surface area (Å²) in [4.78, 5) is 23.3. The Morgan fingerprint density at radius 1 is 1.77 bits per heavy atom. The highest BCUT2D eigenvalue weighted by Crippen LogP contribution is 2.44. The molecule has 1 fully saturated rings. The average molecular weight is 197 g/mol. The minimum absolute atomic E-state index is 0.0885. The molecule has 1 N–H and O–H groups in total. The first-order valence-electron chi connectivity index (χ1n) is 3.75. The van der Waals surface area contributed by atoms with Crippen molar-refractivity contribution in [2.45, 2.75) is 12.3 Å². The number of β-lactam (4-membered cyclic amide) rings is 1. The molecule has 5 heteroatoms. The summed E-state index contributed by atoms with van der Waals surface area (Å²) in [7, 11) is 0. The van der Waals surface area contributed by atoms with Crippen molar-refractivity contribution >= 4 is 23.6 Å². The predicted octanol–water partition coefficient (Wildman–Crippen LogP) is 0.774. The molecule has 68 valence electrons. The molecule has 0 saturated carbocycles. The van der Waals surface area contributed by atoms with E-state index in [4.69, 9.17) is 5.11 Å². The van der Waals surface area contributed by atoms with Gasteiger partial charge >= 0.3 is 5.97 Å². The molecule has 0 spiro atoms. The summed E-state index contributed by atoms with van der Waals surface area (Å²) in [5, 5.41) is 10.1. The quantitative estimate of drug-likeness (QED) is 0.498. The maximum atomic E-state index is 11.3. The van der Waals surface area contributed by atoms with Crippen molar-refractivity contribution in [3.8, 4) is 0 Å². The van der Waals surface area contributed by atoms with Gasteiger partial charge in [-0.1, -0.05) is 6.08 Å². The molecule has 0 aromatic heterocycles. The normalized spacial score (nSPS) is 28.5. The lowest BCUT2D eigenvalue weighted by molar-refractivity contribution is -0.141. The summed E-state index contributed by atoms with van der Waals surface area (Å²) < 4.78 is 0. The Labute approximate surface area is 78.9 Å². The first kappa shape index (κ1) is 8.37. The van der Waals surface area contributed by atoms with Crippen LogP contribution in [0, 0.1) is 0 Å². The number of hydrogen-bond acceptors (Lipinski definition) is 3. The van der Waals surface area contributed by atoms with Gasteiger partial charge in [0.05, 0.1) is 0 Å². The van der Waals surface area contributed by atoms with E-state index in [9.17, 15) is 9.59 Å². The lowest BCUT2D eigenvalue weighted by Gasteiger charge is -2.36. The molecule has 0 aliphatic carbocycles. The van der Waals surface area contributed by atoms with Gasteiger partial charge in [-0.15, -0.1) is 11.8 Å². The molecule has 0 unspecified atom stereocenters. The minimum atomic E-state index is -1.04. The third-order valence-electron chi connectivity index (χ3n) is 2.06. The molecule has 1 atom stereocenters. The molecule has 2 aliphatic heterocycles. The van der Waals surface area contributed by atoms with E-state index in [1.165, 1.54) is 22.1 Å². The number of fused-ring (bicyclic) bond motifs is 1. The van der Waals surface area contributed by atoms with Gasteiger partial charge in [0.2, 0.25) is 0 Å². The van der Waals surface area contributed by atoms with Crippen LogP contribution in [0.3, 0.4) is 0 Å². The maximum absolute atomic E-state index is 11.3. The summed E-state index contributed by atoms with van der Waals surface area (Å²) in [5.74, 6) is -1.23. The van der Waals surface area contributed by atoms with Gasteiger partial charge in [0, 0.05) is 11.0 Å². The molecule has 2 rings (SSSR count). The highest BCUT2D eigenvalue weighted by atomic mass is 32.2. The van der Waals surface area contributed by atoms with Crippen molar-refractivity contribution in [3.63, 3.8) is 0 Å². The number of allylic oxidation sites excluding steroid dienone is 1. The van der Waals surface area contributed by atoms with Crippen LogP contribution in [0.1, 0.15) is 6.92 Å². The van der Waals surface area contributed by atoms with Crippen LogP contribution in [0.2, 0.25) is 0 Å². The molecule has 1 amide bonds. The van der Waals surface area contributed by atoms with E-state index in [1.54, 1.807) is 13.0 Å². The van der Waals surface area contributed by atoms with E-state index in [2.05, 4.69) is 0 Å².